The molecule has 0 radical (unpaired) electrons. The predicted molar refractivity (Wildman–Crippen MR) is 145 cm³/mol. The molecular weight excluding hydrogens is 501 g/mol. The van der Waals surface area contributed by atoms with E-state index in [1.165, 1.54) is 12.1 Å². The van der Waals surface area contributed by atoms with Crippen molar-refractivity contribution in [3.8, 4) is 33.6 Å². The van der Waals surface area contributed by atoms with E-state index in [1.54, 1.807) is 35.6 Å². The topological polar surface area (TPSA) is 73.5 Å². The van der Waals surface area contributed by atoms with Crippen molar-refractivity contribution in [2.24, 2.45) is 0 Å². The van der Waals surface area contributed by atoms with E-state index in [2.05, 4.69) is 31.2 Å². The molecule has 0 unspecified atom stereocenters. The quantitative estimate of drug-likeness (QED) is 0.260. The van der Waals surface area contributed by atoms with Gasteiger partial charge in [-0.3, -0.25) is 15.0 Å². The van der Waals surface area contributed by atoms with Gasteiger partial charge >= 0.3 is 0 Å². The molecule has 6 nitrogen and oxygen atoms in total. The summed E-state index contributed by atoms with van der Waals surface area (Å²) in [5.41, 5.74) is 7.74. The molecule has 1 fully saturated rings. The second-order valence-corrected chi connectivity index (χ2v) is 10.0. The molecule has 2 aromatic carbocycles. The Hall–Kier alpha value is -4.50. The van der Waals surface area contributed by atoms with Gasteiger partial charge in [0.1, 0.15) is 17.2 Å². The Kier molecular flexibility index (Phi) is 5.48. The number of aromatic nitrogens is 5. The fourth-order valence-electron chi connectivity index (χ4n) is 5.37. The average molecular weight is 525 g/mol. The van der Waals surface area contributed by atoms with Gasteiger partial charge in [0.15, 0.2) is 0 Å². The van der Waals surface area contributed by atoms with Gasteiger partial charge in [-0.1, -0.05) is 18.2 Å². The lowest BCUT2D eigenvalue weighted by molar-refractivity contribution is 0.0115. The van der Waals surface area contributed by atoms with E-state index in [0.717, 1.165) is 55.5 Å². The van der Waals surface area contributed by atoms with Gasteiger partial charge in [0.25, 0.3) is 5.92 Å². The van der Waals surface area contributed by atoms with Crippen LogP contribution in [-0.4, -0.2) is 49.1 Å². The molecule has 194 valence electrons. The molecule has 1 aliphatic rings. The minimum Gasteiger partial charge on any atom is -0.338 e. The normalized spacial score (nSPS) is 15.5. The summed E-state index contributed by atoms with van der Waals surface area (Å²) in [4.78, 5) is 14.0. The van der Waals surface area contributed by atoms with Crippen molar-refractivity contribution in [3.63, 3.8) is 0 Å². The highest BCUT2D eigenvalue weighted by molar-refractivity contribution is 6.00. The zero-order chi connectivity index (χ0) is 26.6. The van der Waals surface area contributed by atoms with E-state index in [0.29, 0.717) is 18.7 Å². The van der Waals surface area contributed by atoms with Crippen LogP contribution in [0.15, 0.2) is 79.3 Å². The minimum absolute atomic E-state index is 0.102. The Morgan fingerprint density at radius 1 is 0.897 bits per heavy atom. The number of hydrogen-bond acceptors (Lipinski definition) is 4. The lowest BCUT2D eigenvalue weighted by Crippen LogP contribution is -2.24. The molecule has 0 aliphatic carbocycles. The molecule has 9 heteroatoms. The average Bonchev–Trinajstić information content (AvgIpc) is 3.64. The van der Waals surface area contributed by atoms with Crippen LogP contribution >= 0.6 is 0 Å². The second-order valence-electron chi connectivity index (χ2n) is 10.0. The molecule has 1 saturated heterocycles. The highest BCUT2D eigenvalue weighted by atomic mass is 19.3. The minimum atomic E-state index is -2.62. The number of benzene rings is 2. The summed E-state index contributed by atoms with van der Waals surface area (Å²) in [6, 6.07) is 18.4. The molecule has 0 spiro atoms. The maximum absolute atomic E-state index is 13.6. The van der Waals surface area contributed by atoms with E-state index >= 15 is 0 Å². The zero-order valence-corrected chi connectivity index (χ0v) is 20.8. The lowest BCUT2D eigenvalue weighted by Gasteiger charge is -2.15. The molecule has 0 amide bonds. The van der Waals surface area contributed by atoms with Crippen LogP contribution in [0.5, 0.6) is 0 Å². The first-order chi connectivity index (χ1) is 18.9. The Morgan fingerprint density at radius 3 is 2.56 bits per heavy atom. The third-order valence-corrected chi connectivity index (χ3v) is 7.29. The lowest BCUT2D eigenvalue weighted by atomic mass is 10.0. The number of halogens is 3. The molecule has 0 saturated carbocycles. The first-order valence-electron chi connectivity index (χ1n) is 12.7. The van der Waals surface area contributed by atoms with Crippen LogP contribution in [0.1, 0.15) is 12.0 Å². The van der Waals surface area contributed by atoms with E-state index in [1.807, 2.05) is 30.3 Å². The summed E-state index contributed by atoms with van der Waals surface area (Å²) < 4.78 is 40.8. The summed E-state index contributed by atoms with van der Waals surface area (Å²) in [6.45, 7) is 0.599. The molecule has 2 N–H and O–H groups in total. The number of fused-ring (bicyclic) bond motifs is 2. The first-order valence-corrected chi connectivity index (χ1v) is 12.7. The number of pyridine rings is 2. The van der Waals surface area contributed by atoms with Crippen LogP contribution in [0.3, 0.4) is 0 Å². The zero-order valence-electron chi connectivity index (χ0n) is 20.8. The van der Waals surface area contributed by atoms with Gasteiger partial charge in [-0.15, -0.1) is 0 Å². The van der Waals surface area contributed by atoms with Gasteiger partial charge in [-0.2, -0.15) is 5.10 Å². The van der Waals surface area contributed by atoms with Crippen LogP contribution in [-0.2, 0) is 6.54 Å². The predicted octanol–water partition coefficient (Wildman–Crippen LogP) is 6.82. The van der Waals surface area contributed by atoms with Crippen molar-refractivity contribution in [3.05, 3.63) is 90.6 Å². The number of rotatable bonds is 5. The van der Waals surface area contributed by atoms with Gasteiger partial charge in [0.05, 0.1) is 17.8 Å². The molecule has 7 rings (SSSR count). The van der Waals surface area contributed by atoms with E-state index < -0.39 is 5.92 Å². The van der Waals surface area contributed by atoms with E-state index in [9.17, 15) is 13.2 Å². The van der Waals surface area contributed by atoms with Crippen LogP contribution < -0.4 is 0 Å². The van der Waals surface area contributed by atoms with Gasteiger partial charge < -0.3 is 4.98 Å². The number of nitrogens with zero attached hydrogens (tertiary/aromatic N) is 4. The largest absolute Gasteiger partial charge is 0.338 e. The third kappa shape index (κ3) is 4.44. The fourth-order valence-corrected chi connectivity index (χ4v) is 5.37. The highest BCUT2D eigenvalue weighted by Crippen LogP contribution is 2.35. The molecule has 5 heterocycles. The van der Waals surface area contributed by atoms with Crippen molar-refractivity contribution in [2.75, 3.05) is 13.1 Å². The SMILES string of the molecule is Fc1ccc(-c2ccnc3[nH]c(-c4n[nH]c5ccc(-c6cncc(CN7CCC(F)(F)C7)c6)cc45)cc23)cc1. The van der Waals surface area contributed by atoms with Crippen molar-refractivity contribution in [1.29, 1.82) is 0 Å². The van der Waals surface area contributed by atoms with Crippen molar-refractivity contribution < 1.29 is 13.2 Å². The fraction of sp³-hybridized carbons (Fsp3) is 0.167. The molecule has 39 heavy (non-hydrogen) atoms. The molecular formula is C30H23F3N6. The van der Waals surface area contributed by atoms with Gasteiger partial charge in [0, 0.05) is 54.4 Å². The first kappa shape index (κ1) is 23.6. The number of nitrogens with one attached hydrogen (secondary N) is 2. The van der Waals surface area contributed by atoms with Crippen molar-refractivity contribution in [1.82, 2.24) is 30.0 Å². The monoisotopic (exact) mass is 524 g/mol. The number of H-pyrrole nitrogens is 2. The van der Waals surface area contributed by atoms with Gasteiger partial charge in [-0.25, -0.2) is 18.2 Å². The summed E-state index contributed by atoms with van der Waals surface area (Å²) in [5.74, 6) is -2.90. The molecule has 6 aromatic rings. The van der Waals surface area contributed by atoms with Crippen LogP contribution in [0.2, 0.25) is 0 Å². The number of aromatic amines is 2. The van der Waals surface area contributed by atoms with Gasteiger partial charge in [-0.05, 0) is 64.7 Å². The maximum Gasteiger partial charge on any atom is 0.261 e. The summed E-state index contributed by atoms with van der Waals surface area (Å²) in [6.07, 6.45) is 5.14. The van der Waals surface area contributed by atoms with Crippen LogP contribution in [0.25, 0.3) is 55.6 Å². The Bertz CT molecular complexity index is 1820. The van der Waals surface area contributed by atoms with Crippen LogP contribution in [0.4, 0.5) is 13.2 Å². The van der Waals surface area contributed by atoms with Crippen molar-refractivity contribution in [2.45, 2.75) is 18.9 Å². The molecule has 4 aromatic heterocycles. The Labute approximate surface area is 221 Å². The Balaban J connectivity index is 1.24. The van der Waals surface area contributed by atoms with E-state index in [-0.39, 0.29) is 18.8 Å². The number of alkyl halides is 2. The molecule has 0 atom stereocenters. The third-order valence-electron chi connectivity index (χ3n) is 7.29. The van der Waals surface area contributed by atoms with Crippen LogP contribution in [0, 0.1) is 5.82 Å². The standard InChI is InChI=1S/C30H23F3N6/c31-22-4-1-19(2-5-22)23-7-9-35-29-24(23)13-27(36-29)28-25-12-20(3-6-26(25)37-38-28)21-11-18(14-34-15-21)16-39-10-8-30(32,33)17-39/h1-7,9,11-15H,8,10,16-17H2,(H,35,36)(H,37,38). The van der Waals surface area contributed by atoms with E-state index in [4.69, 9.17) is 0 Å². The summed E-state index contributed by atoms with van der Waals surface area (Å²) in [5, 5.41) is 9.52. The van der Waals surface area contributed by atoms with Gasteiger partial charge in [0.2, 0.25) is 0 Å². The number of likely N-dealkylation sites (tertiary alicyclic amines) is 1. The Morgan fingerprint density at radius 2 is 1.74 bits per heavy atom. The summed E-state index contributed by atoms with van der Waals surface area (Å²) in [7, 11) is 0. The number of hydrogen-bond donors (Lipinski definition) is 2. The molecule has 1 aliphatic heterocycles. The van der Waals surface area contributed by atoms with Crippen molar-refractivity contribution >= 4 is 21.9 Å². The maximum atomic E-state index is 13.6. The molecule has 0 bridgehead atoms. The smallest absolute Gasteiger partial charge is 0.261 e. The highest BCUT2D eigenvalue weighted by Gasteiger charge is 2.37. The second kappa shape index (κ2) is 9.06. The summed E-state index contributed by atoms with van der Waals surface area (Å²) >= 11 is 0.